The summed E-state index contributed by atoms with van der Waals surface area (Å²) < 4.78 is 8.22. The van der Waals surface area contributed by atoms with E-state index in [1.54, 1.807) is 0 Å². The number of allylic oxidation sites excluding steroid dienone is 1. The maximum Gasteiger partial charge on any atom is 0.271 e. The van der Waals surface area contributed by atoms with E-state index in [1.807, 2.05) is 29.7 Å². The topological polar surface area (TPSA) is 47.5 Å². The smallest absolute Gasteiger partial charge is 0.271 e. The van der Waals surface area contributed by atoms with Gasteiger partial charge in [0.2, 0.25) is 0 Å². The van der Waals surface area contributed by atoms with Gasteiger partial charge in [-0.3, -0.25) is 9.36 Å². The van der Waals surface area contributed by atoms with Gasteiger partial charge in [-0.1, -0.05) is 65.4 Å². The number of hydrogen-bond acceptors (Lipinski definition) is 4. The summed E-state index contributed by atoms with van der Waals surface area (Å²) in [7, 11) is 0. The van der Waals surface area contributed by atoms with Crippen LogP contribution in [-0.2, 0) is 6.42 Å². The number of benzene rings is 2. The summed E-state index contributed by atoms with van der Waals surface area (Å²) in [6, 6.07) is 20.7. The van der Waals surface area contributed by atoms with E-state index >= 15 is 0 Å². The van der Waals surface area contributed by atoms with Gasteiger partial charge in [0.05, 0.1) is 16.3 Å². The molecule has 4 nitrogen and oxygen atoms in total. The number of aromatic nitrogens is 1. The van der Waals surface area contributed by atoms with Crippen LogP contribution in [0.2, 0.25) is 0 Å². The molecule has 32 heavy (non-hydrogen) atoms. The number of hydrogen-bond donors (Lipinski definition) is 0. The minimum absolute atomic E-state index is 0.0150. The first-order valence-electron chi connectivity index (χ1n) is 10.8. The first-order chi connectivity index (χ1) is 15.6. The van der Waals surface area contributed by atoms with Crippen LogP contribution in [0.25, 0.3) is 11.8 Å². The minimum Gasteiger partial charge on any atom is -0.462 e. The van der Waals surface area contributed by atoms with Crippen molar-refractivity contribution in [1.82, 2.24) is 4.57 Å². The van der Waals surface area contributed by atoms with E-state index in [2.05, 4.69) is 55.5 Å². The average Bonchev–Trinajstić information content (AvgIpc) is 3.35. The predicted molar refractivity (Wildman–Crippen MR) is 127 cm³/mol. The third-order valence-electron chi connectivity index (χ3n) is 6.30. The molecule has 0 saturated carbocycles. The second-order valence-corrected chi connectivity index (χ2v) is 9.48. The molecule has 0 radical (unpaired) electrons. The van der Waals surface area contributed by atoms with E-state index in [1.165, 1.54) is 33.6 Å². The SMILES string of the molecule is Cc1ccc([C@@H]2C3=C(N=c4s/c(=C\c5ccc(C)o5)c(=O)n42)c2ccccc2CC3)cc1. The van der Waals surface area contributed by atoms with Crippen molar-refractivity contribution < 1.29 is 4.42 Å². The third-order valence-corrected chi connectivity index (χ3v) is 7.28. The van der Waals surface area contributed by atoms with E-state index in [4.69, 9.17) is 9.41 Å². The van der Waals surface area contributed by atoms with Crippen LogP contribution < -0.4 is 14.9 Å². The maximum absolute atomic E-state index is 13.6. The number of nitrogens with zero attached hydrogens (tertiary/aromatic N) is 2. The van der Waals surface area contributed by atoms with Crippen molar-refractivity contribution in [1.29, 1.82) is 0 Å². The number of thiazole rings is 1. The normalized spacial score (nSPS) is 17.6. The largest absolute Gasteiger partial charge is 0.462 e. The van der Waals surface area contributed by atoms with E-state index in [-0.39, 0.29) is 11.6 Å². The van der Waals surface area contributed by atoms with Crippen molar-refractivity contribution in [2.45, 2.75) is 32.7 Å². The van der Waals surface area contributed by atoms with E-state index in [0.717, 1.165) is 34.7 Å². The second kappa shape index (κ2) is 7.31. The van der Waals surface area contributed by atoms with Crippen molar-refractivity contribution in [2.24, 2.45) is 4.99 Å². The number of aryl methyl sites for hydroxylation is 3. The van der Waals surface area contributed by atoms with Crippen LogP contribution in [0.3, 0.4) is 0 Å². The van der Waals surface area contributed by atoms with E-state index in [9.17, 15) is 4.79 Å². The molecule has 2 aliphatic rings. The summed E-state index contributed by atoms with van der Waals surface area (Å²) in [5, 5.41) is 0. The highest BCUT2D eigenvalue weighted by molar-refractivity contribution is 7.07. The monoisotopic (exact) mass is 438 g/mol. The number of fused-ring (bicyclic) bond motifs is 3. The molecule has 4 aromatic rings. The molecule has 0 N–H and O–H groups in total. The van der Waals surface area contributed by atoms with Gasteiger partial charge in [-0.25, -0.2) is 4.99 Å². The molecule has 5 heteroatoms. The quantitative estimate of drug-likeness (QED) is 0.462. The van der Waals surface area contributed by atoms with Crippen LogP contribution in [-0.4, -0.2) is 4.57 Å². The summed E-state index contributed by atoms with van der Waals surface area (Å²) in [5.74, 6) is 1.52. The molecule has 0 amide bonds. The molecule has 0 saturated heterocycles. The Balaban J connectivity index is 1.64. The lowest BCUT2D eigenvalue weighted by Gasteiger charge is -2.30. The summed E-state index contributed by atoms with van der Waals surface area (Å²) in [6.07, 6.45) is 3.69. The molecule has 0 bridgehead atoms. The minimum atomic E-state index is -0.143. The molecule has 1 aliphatic heterocycles. The molecule has 0 spiro atoms. The van der Waals surface area contributed by atoms with Gasteiger partial charge in [0, 0.05) is 11.6 Å². The van der Waals surface area contributed by atoms with Crippen LogP contribution in [0.1, 0.15) is 46.2 Å². The van der Waals surface area contributed by atoms with Gasteiger partial charge >= 0.3 is 0 Å². The Morgan fingerprint density at radius 3 is 2.62 bits per heavy atom. The van der Waals surface area contributed by atoms with Crippen LogP contribution in [0.5, 0.6) is 0 Å². The Labute approximate surface area is 189 Å². The summed E-state index contributed by atoms with van der Waals surface area (Å²) in [5.41, 5.74) is 7.07. The Morgan fingerprint density at radius 2 is 1.84 bits per heavy atom. The molecule has 2 aromatic carbocycles. The van der Waals surface area contributed by atoms with Crippen LogP contribution in [0.4, 0.5) is 0 Å². The van der Waals surface area contributed by atoms with Gasteiger partial charge in [0.15, 0.2) is 4.80 Å². The molecule has 0 unspecified atom stereocenters. The fourth-order valence-corrected chi connectivity index (χ4v) is 5.71. The summed E-state index contributed by atoms with van der Waals surface area (Å²) in [6.45, 7) is 3.99. The van der Waals surface area contributed by atoms with Gasteiger partial charge in [-0.2, -0.15) is 0 Å². The van der Waals surface area contributed by atoms with Gasteiger partial charge < -0.3 is 4.42 Å². The first kappa shape index (κ1) is 19.3. The fraction of sp³-hybridized carbons (Fsp3) is 0.185. The van der Waals surface area contributed by atoms with Crippen molar-refractivity contribution in [3.8, 4) is 0 Å². The zero-order valence-corrected chi connectivity index (χ0v) is 18.8. The van der Waals surface area contributed by atoms with Crippen molar-refractivity contribution in [3.05, 3.63) is 120 Å². The molecule has 6 rings (SSSR count). The van der Waals surface area contributed by atoms with Crippen molar-refractivity contribution in [2.75, 3.05) is 0 Å². The van der Waals surface area contributed by atoms with Crippen LogP contribution in [0, 0.1) is 13.8 Å². The Morgan fingerprint density at radius 1 is 1.03 bits per heavy atom. The van der Waals surface area contributed by atoms with Crippen molar-refractivity contribution in [3.63, 3.8) is 0 Å². The molecule has 1 aliphatic carbocycles. The molecule has 0 fully saturated rings. The highest BCUT2D eigenvalue weighted by Gasteiger charge is 2.32. The van der Waals surface area contributed by atoms with Crippen LogP contribution >= 0.6 is 11.3 Å². The lowest BCUT2D eigenvalue weighted by atomic mass is 9.83. The first-order valence-corrected chi connectivity index (χ1v) is 11.7. The van der Waals surface area contributed by atoms with E-state index < -0.39 is 0 Å². The highest BCUT2D eigenvalue weighted by Crippen LogP contribution is 2.41. The molecule has 158 valence electrons. The molecule has 1 atom stereocenters. The molecule has 3 heterocycles. The van der Waals surface area contributed by atoms with E-state index in [0.29, 0.717) is 10.3 Å². The molecule has 2 aromatic heterocycles. The second-order valence-electron chi connectivity index (χ2n) is 8.47. The van der Waals surface area contributed by atoms with Gasteiger partial charge in [-0.05, 0) is 55.5 Å². The zero-order valence-electron chi connectivity index (χ0n) is 18.0. The predicted octanol–water partition coefficient (Wildman–Crippen LogP) is 4.53. The summed E-state index contributed by atoms with van der Waals surface area (Å²) in [4.78, 5) is 19.4. The Kier molecular flexibility index (Phi) is 4.40. The maximum atomic E-state index is 13.6. The standard InChI is InChI=1S/C27H22N2O2S/c1-16-7-10-19(11-8-16)25-22-14-12-18-5-3-4-6-21(18)24(22)28-27-29(25)26(30)23(32-27)15-20-13-9-17(2)31-20/h3-11,13,15,25H,12,14H2,1-2H3/b23-15-/t25-/m1/s1. The number of rotatable bonds is 2. The fourth-order valence-electron chi connectivity index (χ4n) is 4.73. The van der Waals surface area contributed by atoms with Crippen LogP contribution in [0.15, 0.2) is 80.4 Å². The Bertz CT molecular complexity index is 1560. The van der Waals surface area contributed by atoms with Gasteiger partial charge in [-0.15, -0.1) is 0 Å². The summed E-state index contributed by atoms with van der Waals surface area (Å²) >= 11 is 1.43. The average molecular weight is 439 g/mol. The lowest BCUT2D eigenvalue weighted by molar-refractivity contribution is 0.524. The molecular formula is C27H22N2O2S. The number of furan rings is 1. The highest BCUT2D eigenvalue weighted by atomic mass is 32.1. The van der Waals surface area contributed by atoms with Crippen molar-refractivity contribution >= 4 is 23.1 Å². The van der Waals surface area contributed by atoms with Gasteiger partial charge in [0.1, 0.15) is 11.5 Å². The Hall–Kier alpha value is -3.44. The third kappa shape index (κ3) is 3.04. The lowest BCUT2D eigenvalue weighted by Crippen LogP contribution is -2.38. The van der Waals surface area contributed by atoms with Gasteiger partial charge in [0.25, 0.3) is 5.56 Å². The zero-order chi connectivity index (χ0) is 21.8. The molecular weight excluding hydrogens is 416 g/mol.